The van der Waals surface area contributed by atoms with Gasteiger partial charge in [-0.15, -0.1) is 0 Å². The molecular formula is C19H16F5N7O. The summed E-state index contributed by atoms with van der Waals surface area (Å²) in [7, 11) is 0. The highest BCUT2D eigenvalue weighted by Crippen LogP contribution is 2.28. The van der Waals surface area contributed by atoms with Crippen molar-refractivity contribution in [2.45, 2.75) is 19.0 Å². The predicted octanol–water partition coefficient (Wildman–Crippen LogP) is 3.63. The molecule has 0 aromatic carbocycles. The molecule has 0 aliphatic rings. The van der Waals surface area contributed by atoms with Gasteiger partial charge in [0.1, 0.15) is 17.0 Å². The SMILES string of the molecule is O=C(NCC(F)F)c1cnc2ccc(-c3c[nH]c4nc(NCCC(F)(F)F)ncc34)cn12. The molecule has 0 radical (unpaired) electrons. The molecule has 0 aliphatic heterocycles. The number of halogens is 5. The maximum Gasteiger partial charge on any atom is 0.390 e. The van der Waals surface area contributed by atoms with E-state index in [0.717, 1.165) is 0 Å². The molecule has 0 saturated carbocycles. The van der Waals surface area contributed by atoms with Crippen molar-refractivity contribution in [3.63, 3.8) is 0 Å². The summed E-state index contributed by atoms with van der Waals surface area (Å²) in [5.74, 6) is -0.634. The number of imidazole rings is 1. The molecule has 0 fully saturated rings. The summed E-state index contributed by atoms with van der Waals surface area (Å²) in [4.78, 5) is 27.5. The van der Waals surface area contributed by atoms with Crippen LogP contribution >= 0.6 is 0 Å². The molecule has 4 heterocycles. The third kappa shape index (κ3) is 4.60. The van der Waals surface area contributed by atoms with E-state index in [0.29, 0.717) is 27.8 Å². The molecule has 8 nitrogen and oxygen atoms in total. The van der Waals surface area contributed by atoms with Crippen molar-refractivity contribution in [3.8, 4) is 11.1 Å². The average molecular weight is 453 g/mol. The van der Waals surface area contributed by atoms with Crippen molar-refractivity contribution in [3.05, 3.63) is 42.6 Å². The smallest absolute Gasteiger partial charge is 0.354 e. The zero-order valence-corrected chi connectivity index (χ0v) is 16.2. The number of alkyl halides is 5. The number of fused-ring (bicyclic) bond motifs is 2. The first-order valence-corrected chi connectivity index (χ1v) is 9.40. The van der Waals surface area contributed by atoms with E-state index in [9.17, 15) is 26.7 Å². The minimum atomic E-state index is -4.28. The first-order valence-electron chi connectivity index (χ1n) is 9.40. The van der Waals surface area contributed by atoms with E-state index in [1.165, 1.54) is 16.8 Å². The maximum atomic E-state index is 12.4. The van der Waals surface area contributed by atoms with Gasteiger partial charge in [0.05, 0.1) is 19.2 Å². The molecular weight excluding hydrogens is 437 g/mol. The number of nitrogens with zero attached hydrogens (tertiary/aromatic N) is 4. The Morgan fingerprint density at radius 1 is 1.19 bits per heavy atom. The molecule has 0 saturated heterocycles. The van der Waals surface area contributed by atoms with E-state index in [2.05, 4.69) is 30.6 Å². The van der Waals surface area contributed by atoms with Gasteiger partial charge in [0.15, 0.2) is 0 Å². The van der Waals surface area contributed by atoms with Crippen LogP contribution in [0.2, 0.25) is 0 Å². The summed E-state index contributed by atoms with van der Waals surface area (Å²) >= 11 is 0. The van der Waals surface area contributed by atoms with Gasteiger partial charge in [-0.2, -0.15) is 18.2 Å². The molecule has 0 atom stereocenters. The molecule has 32 heavy (non-hydrogen) atoms. The number of hydrogen-bond acceptors (Lipinski definition) is 5. The van der Waals surface area contributed by atoms with E-state index in [1.54, 1.807) is 24.5 Å². The van der Waals surface area contributed by atoms with Crippen molar-refractivity contribution in [2.24, 2.45) is 0 Å². The van der Waals surface area contributed by atoms with Crippen LogP contribution in [0.3, 0.4) is 0 Å². The van der Waals surface area contributed by atoms with E-state index < -0.39 is 31.5 Å². The van der Waals surface area contributed by atoms with Crippen LogP contribution in [0.1, 0.15) is 16.9 Å². The number of rotatable bonds is 7. The van der Waals surface area contributed by atoms with Crippen molar-refractivity contribution < 1.29 is 26.7 Å². The zero-order chi connectivity index (χ0) is 22.9. The lowest BCUT2D eigenvalue weighted by Crippen LogP contribution is -2.29. The Morgan fingerprint density at radius 3 is 2.75 bits per heavy atom. The summed E-state index contributed by atoms with van der Waals surface area (Å²) in [6.45, 7) is -1.12. The van der Waals surface area contributed by atoms with Gasteiger partial charge in [-0.1, -0.05) is 0 Å². The van der Waals surface area contributed by atoms with Crippen LogP contribution in [0.4, 0.5) is 27.9 Å². The number of hydrogen-bond donors (Lipinski definition) is 3. The minimum Gasteiger partial charge on any atom is -0.354 e. The van der Waals surface area contributed by atoms with Gasteiger partial charge in [-0.3, -0.25) is 9.20 Å². The molecule has 4 aromatic heterocycles. The maximum absolute atomic E-state index is 12.4. The highest BCUT2D eigenvalue weighted by Gasteiger charge is 2.26. The van der Waals surface area contributed by atoms with E-state index in [1.807, 2.05) is 0 Å². The largest absolute Gasteiger partial charge is 0.390 e. The second kappa shape index (κ2) is 8.40. The minimum absolute atomic E-state index is 0.0539. The van der Waals surface area contributed by atoms with Crippen LogP contribution in [-0.4, -0.2) is 55.9 Å². The monoisotopic (exact) mass is 453 g/mol. The van der Waals surface area contributed by atoms with E-state index in [4.69, 9.17) is 0 Å². The number of aromatic amines is 1. The number of nitrogens with one attached hydrogen (secondary N) is 3. The van der Waals surface area contributed by atoms with Crippen molar-refractivity contribution in [2.75, 3.05) is 18.4 Å². The Morgan fingerprint density at radius 2 is 2.00 bits per heavy atom. The fraction of sp³-hybridized carbons (Fsp3) is 0.263. The van der Waals surface area contributed by atoms with Gasteiger partial charge in [-0.05, 0) is 12.1 Å². The van der Waals surface area contributed by atoms with E-state index >= 15 is 0 Å². The molecule has 0 unspecified atom stereocenters. The molecule has 3 N–H and O–H groups in total. The predicted molar refractivity (Wildman–Crippen MR) is 106 cm³/mol. The molecule has 0 spiro atoms. The molecule has 168 valence electrons. The first kappa shape index (κ1) is 21.5. The Labute approximate surface area is 176 Å². The van der Waals surface area contributed by atoms with Crippen molar-refractivity contribution in [1.29, 1.82) is 0 Å². The first-order chi connectivity index (χ1) is 15.2. The highest BCUT2D eigenvalue weighted by atomic mass is 19.4. The second-order valence-electron chi connectivity index (χ2n) is 6.84. The molecule has 0 bridgehead atoms. The Hall–Kier alpha value is -3.77. The fourth-order valence-electron chi connectivity index (χ4n) is 3.12. The fourth-order valence-corrected chi connectivity index (χ4v) is 3.12. The van der Waals surface area contributed by atoms with Crippen LogP contribution in [0, 0.1) is 0 Å². The lowest BCUT2D eigenvalue weighted by molar-refractivity contribution is -0.131. The summed E-state index contributed by atoms with van der Waals surface area (Å²) in [5, 5.41) is 5.28. The molecule has 4 aromatic rings. The van der Waals surface area contributed by atoms with Gasteiger partial charge >= 0.3 is 6.18 Å². The normalized spacial score (nSPS) is 12.1. The number of anilines is 1. The quantitative estimate of drug-likeness (QED) is 0.371. The van der Waals surface area contributed by atoms with E-state index in [-0.39, 0.29) is 18.2 Å². The van der Waals surface area contributed by atoms with Gasteiger partial charge in [0, 0.05) is 41.6 Å². The molecule has 13 heteroatoms. The second-order valence-corrected chi connectivity index (χ2v) is 6.84. The third-order valence-electron chi connectivity index (χ3n) is 4.59. The van der Waals surface area contributed by atoms with Crippen LogP contribution in [0.15, 0.2) is 36.9 Å². The van der Waals surface area contributed by atoms with Crippen LogP contribution in [0.25, 0.3) is 27.8 Å². The number of pyridine rings is 1. The number of amides is 1. The average Bonchev–Trinajstić information content (AvgIpc) is 3.34. The standard InChI is InChI=1S/C19H16F5N7O/c20-14(21)8-28-17(32)13-7-26-15-2-1-10(9-31(13)15)11-5-27-16-12(11)6-29-18(30-16)25-4-3-19(22,23)24/h1-2,5-7,9,14H,3-4,8H2,(H,28,32)(H2,25,27,29,30). The van der Waals surface area contributed by atoms with Crippen LogP contribution in [-0.2, 0) is 0 Å². The zero-order valence-electron chi connectivity index (χ0n) is 16.2. The molecule has 0 aliphatic carbocycles. The third-order valence-corrected chi connectivity index (χ3v) is 4.59. The Bertz CT molecular complexity index is 1260. The van der Waals surface area contributed by atoms with Gasteiger partial charge < -0.3 is 15.6 Å². The van der Waals surface area contributed by atoms with Crippen LogP contribution in [0.5, 0.6) is 0 Å². The summed E-state index contributed by atoms with van der Waals surface area (Å²) in [6.07, 6.45) is -1.94. The lowest BCUT2D eigenvalue weighted by atomic mass is 10.1. The van der Waals surface area contributed by atoms with Gasteiger partial charge in [-0.25, -0.2) is 18.7 Å². The number of H-pyrrole nitrogens is 1. The topological polar surface area (TPSA) is 100 Å². The van der Waals surface area contributed by atoms with Gasteiger partial charge in [0.25, 0.3) is 12.3 Å². The van der Waals surface area contributed by atoms with Gasteiger partial charge in [0.2, 0.25) is 5.95 Å². The summed E-state index contributed by atoms with van der Waals surface area (Å²) in [5.41, 5.74) is 2.28. The Kier molecular flexibility index (Phi) is 5.63. The number of carbonyl (C=O) groups is 1. The molecule has 4 rings (SSSR count). The highest BCUT2D eigenvalue weighted by molar-refractivity contribution is 5.95. The number of aromatic nitrogens is 5. The number of carbonyl (C=O) groups excluding carboxylic acids is 1. The summed E-state index contributed by atoms with van der Waals surface area (Å²) in [6, 6.07) is 3.41. The lowest BCUT2D eigenvalue weighted by Gasteiger charge is -2.08. The Balaban J connectivity index is 1.60. The van der Waals surface area contributed by atoms with Crippen LogP contribution < -0.4 is 10.6 Å². The summed E-state index contributed by atoms with van der Waals surface area (Å²) < 4.78 is 63.1. The van der Waals surface area contributed by atoms with Crippen molar-refractivity contribution in [1.82, 2.24) is 29.7 Å². The van der Waals surface area contributed by atoms with Crippen molar-refractivity contribution >= 4 is 28.5 Å². The molecule has 1 amide bonds.